The van der Waals surface area contributed by atoms with E-state index in [1.807, 2.05) is 0 Å². The smallest absolute Gasteiger partial charge is 0.207 e. The minimum atomic E-state index is -1.43. The molecule has 1 heterocycles. The summed E-state index contributed by atoms with van der Waals surface area (Å²) in [5.41, 5.74) is -1.43. The highest BCUT2D eigenvalue weighted by atomic mass is 16.3. The number of rotatable bonds is 0. The Bertz CT molecular complexity index is 175. The summed E-state index contributed by atoms with van der Waals surface area (Å²) in [6.45, 7) is 0. The van der Waals surface area contributed by atoms with E-state index in [1.54, 1.807) is 6.07 Å². The highest BCUT2D eigenvalue weighted by Crippen LogP contribution is 2.06. The molecule has 1 atom stereocenters. The molecule has 3 nitrogen and oxygen atoms in total. The summed E-state index contributed by atoms with van der Waals surface area (Å²) in [6.07, 6.45) is 3.91. The fraction of sp³-hybridized carbons (Fsp3) is 0.200. The summed E-state index contributed by atoms with van der Waals surface area (Å²) in [4.78, 5) is 3.53. The minimum absolute atomic E-state index is 1.19. The van der Waals surface area contributed by atoms with Crippen molar-refractivity contribution < 1.29 is 5.11 Å². The van der Waals surface area contributed by atoms with E-state index in [0.29, 0.717) is 0 Å². The Morgan fingerprint density at radius 2 is 2.50 bits per heavy atom. The molecule has 0 spiro atoms. The second-order valence-corrected chi connectivity index (χ2v) is 1.53. The standard InChI is InChI=1S/C5H4N2O/c6-3-5(8)1-2-7-4-5/h1-2,4,8H. The van der Waals surface area contributed by atoms with Crippen molar-refractivity contribution in [1.82, 2.24) is 0 Å². The molecule has 0 fully saturated rings. The number of aliphatic hydroxyl groups is 1. The largest absolute Gasteiger partial charge is 0.368 e. The number of aliphatic imine (C=N–C) groups is 1. The molecule has 1 rings (SSSR count). The topological polar surface area (TPSA) is 56.4 Å². The zero-order chi connectivity index (χ0) is 6.04. The maximum absolute atomic E-state index is 8.90. The molecule has 0 amide bonds. The van der Waals surface area contributed by atoms with Gasteiger partial charge in [0, 0.05) is 6.20 Å². The van der Waals surface area contributed by atoms with Gasteiger partial charge in [-0.05, 0) is 6.08 Å². The van der Waals surface area contributed by atoms with E-state index < -0.39 is 5.60 Å². The van der Waals surface area contributed by atoms with E-state index in [4.69, 9.17) is 10.4 Å². The molecule has 0 aromatic heterocycles. The molecule has 0 radical (unpaired) electrons. The predicted molar refractivity (Wildman–Crippen MR) is 28.2 cm³/mol. The third-order valence-corrected chi connectivity index (χ3v) is 0.865. The van der Waals surface area contributed by atoms with Crippen LogP contribution in [0.4, 0.5) is 0 Å². The van der Waals surface area contributed by atoms with Crippen LogP contribution in [0.25, 0.3) is 0 Å². The molecule has 3 heteroatoms. The lowest BCUT2D eigenvalue weighted by atomic mass is 10.1. The second kappa shape index (κ2) is 1.42. The average Bonchev–Trinajstić information content (AvgIpc) is 2.17. The van der Waals surface area contributed by atoms with Gasteiger partial charge in [0.1, 0.15) is 6.07 Å². The predicted octanol–water partition coefficient (Wildman–Crippen LogP) is -0.161. The molecule has 8 heavy (non-hydrogen) atoms. The van der Waals surface area contributed by atoms with Crippen LogP contribution in [0.5, 0.6) is 0 Å². The molecule has 40 valence electrons. The van der Waals surface area contributed by atoms with Crippen LogP contribution in [0.3, 0.4) is 0 Å². The van der Waals surface area contributed by atoms with Crippen molar-refractivity contribution in [2.24, 2.45) is 4.99 Å². The van der Waals surface area contributed by atoms with Crippen molar-refractivity contribution in [3.05, 3.63) is 12.3 Å². The van der Waals surface area contributed by atoms with E-state index in [-0.39, 0.29) is 0 Å². The summed E-state index contributed by atoms with van der Waals surface area (Å²) in [7, 11) is 0. The first-order chi connectivity index (χ1) is 3.77. The lowest BCUT2D eigenvalue weighted by molar-refractivity contribution is 0.229. The van der Waals surface area contributed by atoms with E-state index in [0.717, 1.165) is 0 Å². The van der Waals surface area contributed by atoms with E-state index in [2.05, 4.69) is 4.99 Å². The molecular formula is C5H4N2O. The maximum atomic E-state index is 8.90. The highest BCUT2D eigenvalue weighted by molar-refractivity contribution is 5.78. The first-order valence-electron chi connectivity index (χ1n) is 2.12. The van der Waals surface area contributed by atoms with Crippen LogP contribution < -0.4 is 0 Å². The van der Waals surface area contributed by atoms with Gasteiger partial charge in [0.2, 0.25) is 5.60 Å². The fourth-order valence-electron chi connectivity index (χ4n) is 0.423. The van der Waals surface area contributed by atoms with Crippen molar-refractivity contribution in [1.29, 1.82) is 5.26 Å². The third kappa shape index (κ3) is 0.614. The maximum Gasteiger partial charge on any atom is 0.207 e. The SMILES string of the molecule is N#CC1(O)C=CN=C1. The van der Waals surface area contributed by atoms with Crippen LogP contribution in [0, 0.1) is 11.3 Å². The molecule has 0 aromatic carbocycles. The molecular weight excluding hydrogens is 104 g/mol. The Labute approximate surface area is 46.6 Å². The van der Waals surface area contributed by atoms with Gasteiger partial charge >= 0.3 is 0 Å². The van der Waals surface area contributed by atoms with Crippen LogP contribution in [0.2, 0.25) is 0 Å². The molecule has 1 N–H and O–H groups in total. The van der Waals surface area contributed by atoms with Gasteiger partial charge in [-0.2, -0.15) is 5.26 Å². The lowest BCUT2D eigenvalue weighted by Gasteiger charge is -2.00. The minimum Gasteiger partial charge on any atom is -0.368 e. The third-order valence-electron chi connectivity index (χ3n) is 0.865. The summed E-state index contributed by atoms with van der Waals surface area (Å²) in [5.74, 6) is 0. The van der Waals surface area contributed by atoms with Gasteiger partial charge < -0.3 is 5.11 Å². The van der Waals surface area contributed by atoms with E-state index in [1.165, 1.54) is 18.5 Å². The van der Waals surface area contributed by atoms with Crippen LogP contribution in [-0.4, -0.2) is 16.9 Å². The second-order valence-electron chi connectivity index (χ2n) is 1.53. The monoisotopic (exact) mass is 108 g/mol. The van der Waals surface area contributed by atoms with Gasteiger partial charge in [-0.3, -0.25) is 4.99 Å². The molecule has 0 saturated heterocycles. The van der Waals surface area contributed by atoms with Gasteiger partial charge in [-0.15, -0.1) is 0 Å². The Morgan fingerprint density at radius 3 is 2.75 bits per heavy atom. The summed E-state index contributed by atoms with van der Waals surface area (Å²) in [6, 6.07) is 1.66. The van der Waals surface area contributed by atoms with Crippen molar-refractivity contribution >= 4 is 6.21 Å². The molecule has 0 saturated carbocycles. The average molecular weight is 108 g/mol. The van der Waals surface area contributed by atoms with E-state index >= 15 is 0 Å². The Morgan fingerprint density at radius 1 is 1.75 bits per heavy atom. The van der Waals surface area contributed by atoms with Gasteiger partial charge in [0.25, 0.3) is 0 Å². The van der Waals surface area contributed by atoms with Crippen LogP contribution in [-0.2, 0) is 0 Å². The fourth-order valence-corrected chi connectivity index (χ4v) is 0.423. The summed E-state index contributed by atoms with van der Waals surface area (Å²) in [5, 5.41) is 17.1. The van der Waals surface area contributed by atoms with Crippen LogP contribution in [0.1, 0.15) is 0 Å². The summed E-state index contributed by atoms with van der Waals surface area (Å²) >= 11 is 0. The van der Waals surface area contributed by atoms with Crippen LogP contribution in [0.15, 0.2) is 17.3 Å². The molecule has 0 bridgehead atoms. The number of nitrogens with zero attached hydrogens (tertiary/aromatic N) is 2. The molecule has 0 aromatic rings. The quantitative estimate of drug-likeness (QED) is 0.438. The Balaban J connectivity index is 2.89. The molecule has 1 aliphatic heterocycles. The van der Waals surface area contributed by atoms with Gasteiger partial charge in [0.05, 0.1) is 6.21 Å². The Kier molecular flexibility index (Phi) is 0.891. The van der Waals surface area contributed by atoms with Crippen LogP contribution >= 0.6 is 0 Å². The van der Waals surface area contributed by atoms with Crippen molar-refractivity contribution in [2.45, 2.75) is 5.60 Å². The zero-order valence-corrected chi connectivity index (χ0v) is 4.07. The first-order valence-corrected chi connectivity index (χ1v) is 2.12. The molecule has 0 aliphatic carbocycles. The lowest BCUT2D eigenvalue weighted by Crippen LogP contribution is -2.22. The number of hydrogen-bond donors (Lipinski definition) is 1. The van der Waals surface area contributed by atoms with Crippen molar-refractivity contribution in [3.8, 4) is 6.07 Å². The van der Waals surface area contributed by atoms with Gasteiger partial charge in [0.15, 0.2) is 0 Å². The molecule has 1 aliphatic rings. The van der Waals surface area contributed by atoms with Gasteiger partial charge in [-0.25, -0.2) is 0 Å². The summed E-state index contributed by atoms with van der Waals surface area (Å²) < 4.78 is 0. The first kappa shape index (κ1) is 5.01. The van der Waals surface area contributed by atoms with Crippen molar-refractivity contribution in [3.63, 3.8) is 0 Å². The van der Waals surface area contributed by atoms with Gasteiger partial charge in [-0.1, -0.05) is 0 Å². The highest BCUT2D eigenvalue weighted by Gasteiger charge is 2.21. The number of hydrogen-bond acceptors (Lipinski definition) is 3. The van der Waals surface area contributed by atoms with E-state index in [9.17, 15) is 0 Å². The zero-order valence-electron chi connectivity index (χ0n) is 4.07. The normalized spacial score (nSPS) is 33.0. The number of nitriles is 1. The van der Waals surface area contributed by atoms with Crippen molar-refractivity contribution in [2.75, 3.05) is 0 Å². The molecule has 1 unspecified atom stereocenters. The Hall–Kier alpha value is -1.14.